The molecule has 7 nitrogen and oxygen atoms in total. The Kier molecular flexibility index (Phi) is 5.08. The van der Waals surface area contributed by atoms with Crippen LogP contribution in [0.25, 0.3) is 5.69 Å². The van der Waals surface area contributed by atoms with Crippen LogP contribution in [0.15, 0.2) is 49.1 Å². The normalized spacial score (nSPS) is 20.3. The topological polar surface area (TPSA) is 69.8 Å². The first kappa shape index (κ1) is 16.9. The maximum atomic E-state index is 6.04. The van der Waals surface area contributed by atoms with Crippen molar-refractivity contribution in [3.63, 3.8) is 0 Å². The minimum absolute atomic E-state index is 0.108. The van der Waals surface area contributed by atoms with E-state index in [0.29, 0.717) is 12.5 Å². The van der Waals surface area contributed by atoms with Crippen molar-refractivity contribution in [2.24, 2.45) is 13.0 Å². The van der Waals surface area contributed by atoms with Crippen LogP contribution in [0, 0.1) is 5.92 Å². The second-order valence-electron chi connectivity index (χ2n) is 6.70. The van der Waals surface area contributed by atoms with E-state index in [9.17, 15) is 0 Å². The lowest BCUT2D eigenvalue weighted by Crippen LogP contribution is -2.32. The molecule has 1 fully saturated rings. The van der Waals surface area contributed by atoms with E-state index in [1.165, 1.54) is 0 Å². The van der Waals surface area contributed by atoms with Crippen LogP contribution >= 0.6 is 0 Å². The lowest BCUT2D eigenvalue weighted by molar-refractivity contribution is -0.0279. The predicted molar refractivity (Wildman–Crippen MR) is 97.7 cm³/mol. The van der Waals surface area contributed by atoms with Gasteiger partial charge in [-0.25, -0.2) is 9.67 Å². The minimum atomic E-state index is 0.108. The van der Waals surface area contributed by atoms with Crippen LogP contribution in [0.1, 0.15) is 30.3 Å². The summed E-state index contributed by atoms with van der Waals surface area (Å²) in [5, 5.41) is 12.2. The number of rotatable bonds is 6. The van der Waals surface area contributed by atoms with E-state index in [1.807, 2.05) is 52.9 Å². The largest absolute Gasteiger partial charge is 0.373 e. The first-order valence-corrected chi connectivity index (χ1v) is 9.06. The van der Waals surface area contributed by atoms with Gasteiger partial charge in [-0.1, -0.05) is 18.2 Å². The maximum Gasteiger partial charge on any atom is 0.146 e. The lowest BCUT2D eigenvalue weighted by atomic mass is 9.91. The third-order valence-corrected chi connectivity index (χ3v) is 4.81. The summed E-state index contributed by atoms with van der Waals surface area (Å²) in [6.45, 7) is 2.37. The van der Waals surface area contributed by atoms with Gasteiger partial charge in [0.05, 0.1) is 24.5 Å². The molecule has 1 aliphatic heterocycles. The molecule has 3 heterocycles. The van der Waals surface area contributed by atoms with Crippen molar-refractivity contribution in [3.05, 3.63) is 60.4 Å². The summed E-state index contributed by atoms with van der Waals surface area (Å²) in [5.74, 6) is 1.34. The third-order valence-electron chi connectivity index (χ3n) is 4.81. The number of aryl methyl sites for hydroxylation is 1. The van der Waals surface area contributed by atoms with Crippen LogP contribution in [0.4, 0.5) is 0 Å². The van der Waals surface area contributed by atoms with Crippen molar-refractivity contribution in [2.45, 2.75) is 25.5 Å². The molecule has 1 N–H and O–H groups in total. The number of para-hydroxylation sites is 1. The fourth-order valence-corrected chi connectivity index (χ4v) is 3.55. The number of nitrogens with one attached hydrogen (secondary N) is 1. The highest BCUT2D eigenvalue weighted by atomic mass is 16.5. The summed E-state index contributed by atoms with van der Waals surface area (Å²) in [5.41, 5.74) is 2.18. The average Bonchev–Trinajstić information content (AvgIpc) is 3.32. The van der Waals surface area contributed by atoms with E-state index < -0.39 is 0 Å². The predicted octanol–water partition coefficient (Wildman–Crippen LogP) is 2.26. The van der Waals surface area contributed by atoms with Crippen LogP contribution in [0.2, 0.25) is 0 Å². The van der Waals surface area contributed by atoms with Crippen LogP contribution in [-0.4, -0.2) is 37.7 Å². The molecule has 0 bridgehead atoms. The van der Waals surface area contributed by atoms with Gasteiger partial charge in [-0.2, -0.15) is 10.2 Å². The summed E-state index contributed by atoms with van der Waals surface area (Å²) in [6, 6.07) is 10.1. The highest BCUT2D eigenvalue weighted by Gasteiger charge is 2.28. The number of aromatic nitrogens is 5. The second-order valence-corrected chi connectivity index (χ2v) is 6.70. The Morgan fingerprint density at radius 3 is 2.92 bits per heavy atom. The highest BCUT2D eigenvalue weighted by Crippen LogP contribution is 2.32. The fraction of sp³-hybridized carbons (Fsp3) is 0.421. The van der Waals surface area contributed by atoms with Crippen LogP contribution in [-0.2, 0) is 18.3 Å². The van der Waals surface area contributed by atoms with Gasteiger partial charge in [0, 0.05) is 37.9 Å². The van der Waals surface area contributed by atoms with Gasteiger partial charge in [0.2, 0.25) is 0 Å². The standard InChI is InChI=1S/C19H24N6O/c1-24-13-16(11-22-24)19-15(6-5-9-26-19)10-20-12-18-21-14-23-25(18)17-7-3-2-4-8-17/h2-4,7-8,11,13-15,19-20H,5-6,9-10,12H2,1H3/t15-,19+/m0/s1. The lowest BCUT2D eigenvalue weighted by Gasteiger charge is -2.31. The Balaban J connectivity index is 1.39. The summed E-state index contributed by atoms with van der Waals surface area (Å²) in [6.07, 6.45) is 7.93. The van der Waals surface area contributed by atoms with Crippen molar-refractivity contribution in [2.75, 3.05) is 13.2 Å². The van der Waals surface area contributed by atoms with Crippen molar-refractivity contribution in [1.29, 1.82) is 0 Å². The summed E-state index contributed by atoms with van der Waals surface area (Å²) < 4.78 is 9.76. The molecule has 4 rings (SSSR count). The van der Waals surface area contributed by atoms with Crippen LogP contribution in [0.3, 0.4) is 0 Å². The second kappa shape index (κ2) is 7.80. The molecule has 0 saturated carbocycles. The Morgan fingerprint density at radius 1 is 1.23 bits per heavy atom. The number of benzene rings is 1. The maximum absolute atomic E-state index is 6.04. The SMILES string of the molecule is Cn1cc([C@@H]2OCCC[C@H]2CNCc2ncnn2-c2ccccc2)cn1. The Labute approximate surface area is 153 Å². The molecule has 3 aromatic rings. The fourth-order valence-electron chi connectivity index (χ4n) is 3.55. The van der Waals surface area contributed by atoms with Crippen molar-refractivity contribution in [1.82, 2.24) is 29.9 Å². The van der Waals surface area contributed by atoms with Gasteiger partial charge < -0.3 is 10.1 Å². The molecule has 1 aromatic carbocycles. The third kappa shape index (κ3) is 3.68. The summed E-state index contributed by atoms with van der Waals surface area (Å²) >= 11 is 0. The molecule has 2 aromatic heterocycles. The van der Waals surface area contributed by atoms with Crippen LogP contribution in [0.5, 0.6) is 0 Å². The van der Waals surface area contributed by atoms with E-state index in [2.05, 4.69) is 26.7 Å². The molecule has 0 amide bonds. The molecule has 0 spiro atoms. The van der Waals surface area contributed by atoms with Crippen molar-refractivity contribution >= 4 is 0 Å². The first-order valence-electron chi connectivity index (χ1n) is 9.06. The van der Waals surface area contributed by atoms with Crippen molar-refractivity contribution < 1.29 is 4.74 Å². The van der Waals surface area contributed by atoms with Gasteiger partial charge in [0.15, 0.2) is 0 Å². The molecule has 1 aliphatic rings. The Hall–Kier alpha value is -2.51. The number of nitrogens with zero attached hydrogens (tertiary/aromatic N) is 5. The molecule has 136 valence electrons. The summed E-state index contributed by atoms with van der Waals surface area (Å²) in [7, 11) is 1.94. The quantitative estimate of drug-likeness (QED) is 0.737. The Bertz CT molecular complexity index is 827. The van der Waals surface area contributed by atoms with E-state index in [1.54, 1.807) is 6.33 Å². The molecule has 2 atom stereocenters. The molecule has 0 aliphatic carbocycles. The smallest absolute Gasteiger partial charge is 0.146 e. The average molecular weight is 352 g/mol. The highest BCUT2D eigenvalue weighted by molar-refractivity contribution is 5.30. The zero-order valence-electron chi connectivity index (χ0n) is 15.0. The first-order chi connectivity index (χ1) is 12.8. The van der Waals surface area contributed by atoms with E-state index in [4.69, 9.17) is 4.74 Å². The molecule has 0 unspecified atom stereocenters. The van der Waals surface area contributed by atoms with Crippen molar-refractivity contribution in [3.8, 4) is 5.69 Å². The molecular weight excluding hydrogens is 328 g/mol. The number of hydrogen-bond acceptors (Lipinski definition) is 5. The van der Waals surface area contributed by atoms with Gasteiger partial charge in [0.25, 0.3) is 0 Å². The summed E-state index contributed by atoms with van der Waals surface area (Å²) in [4.78, 5) is 4.40. The monoisotopic (exact) mass is 352 g/mol. The zero-order valence-corrected chi connectivity index (χ0v) is 15.0. The zero-order chi connectivity index (χ0) is 17.8. The van der Waals surface area contributed by atoms with Gasteiger partial charge in [-0.05, 0) is 25.0 Å². The van der Waals surface area contributed by atoms with Gasteiger partial charge in [0.1, 0.15) is 12.2 Å². The minimum Gasteiger partial charge on any atom is -0.373 e. The van der Waals surface area contributed by atoms with E-state index >= 15 is 0 Å². The van der Waals surface area contributed by atoms with E-state index in [-0.39, 0.29) is 6.10 Å². The number of ether oxygens (including phenoxy) is 1. The molecular formula is C19H24N6O. The van der Waals surface area contributed by atoms with Gasteiger partial charge in [-0.15, -0.1) is 0 Å². The molecule has 1 saturated heterocycles. The Morgan fingerprint density at radius 2 is 2.12 bits per heavy atom. The van der Waals surface area contributed by atoms with E-state index in [0.717, 1.165) is 43.1 Å². The van der Waals surface area contributed by atoms with Gasteiger partial charge >= 0.3 is 0 Å². The molecule has 26 heavy (non-hydrogen) atoms. The van der Waals surface area contributed by atoms with Gasteiger partial charge in [-0.3, -0.25) is 4.68 Å². The van der Waals surface area contributed by atoms with Crippen LogP contribution < -0.4 is 5.32 Å². The molecule has 7 heteroatoms. The number of hydrogen-bond donors (Lipinski definition) is 1. The molecule has 0 radical (unpaired) electrons.